The fraction of sp³-hybridized carbons (Fsp3) is 0.125. The Hall–Kier alpha value is -2.75. The van der Waals surface area contributed by atoms with E-state index in [1.165, 1.54) is 12.1 Å². The van der Waals surface area contributed by atoms with Gasteiger partial charge in [0.05, 0.1) is 23.5 Å². The van der Waals surface area contributed by atoms with Crippen LogP contribution in [0, 0.1) is 0 Å². The molecule has 1 aliphatic rings. The van der Waals surface area contributed by atoms with E-state index in [1.807, 2.05) is 0 Å². The molecule has 0 fully saturated rings. The van der Waals surface area contributed by atoms with Crippen LogP contribution in [-0.4, -0.2) is 38.2 Å². The maximum Gasteiger partial charge on any atom is 0.242 e. The van der Waals surface area contributed by atoms with Gasteiger partial charge in [-0.2, -0.15) is 0 Å². The normalized spacial score (nSPS) is 13.5. The van der Waals surface area contributed by atoms with E-state index in [0.29, 0.717) is 0 Å². The van der Waals surface area contributed by atoms with Gasteiger partial charge in [0, 0.05) is 23.2 Å². The number of aliphatic hydroxyl groups excluding tert-OH is 1. The van der Waals surface area contributed by atoms with Gasteiger partial charge in [0.25, 0.3) is 0 Å². The summed E-state index contributed by atoms with van der Waals surface area (Å²) in [5, 5.41) is 8.80. The van der Waals surface area contributed by atoms with Crippen molar-refractivity contribution in [1.29, 1.82) is 0 Å². The summed E-state index contributed by atoms with van der Waals surface area (Å²) in [4.78, 5) is 25.0. The minimum Gasteiger partial charge on any atom is -0.396 e. The molecule has 0 atom stereocenters. The van der Waals surface area contributed by atoms with Crippen molar-refractivity contribution in [3.63, 3.8) is 0 Å². The van der Waals surface area contributed by atoms with E-state index in [4.69, 9.17) is 16.6 Å². The molecule has 6 N–H and O–H groups in total. The van der Waals surface area contributed by atoms with Crippen molar-refractivity contribution in [3.8, 4) is 0 Å². The number of sulfonamides is 1. The Morgan fingerprint density at radius 1 is 0.960 bits per heavy atom. The van der Waals surface area contributed by atoms with Crippen LogP contribution in [0.3, 0.4) is 0 Å². The summed E-state index contributed by atoms with van der Waals surface area (Å²) in [6, 6.07) is 7.27. The van der Waals surface area contributed by atoms with Gasteiger partial charge >= 0.3 is 0 Å². The molecular weight excluding hydrogens is 346 g/mol. The van der Waals surface area contributed by atoms with Crippen molar-refractivity contribution in [2.24, 2.45) is 0 Å². The number of hydrogen-bond donors (Lipinski definition) is 4. The number of nitrogens with one attached hydrogen (secondary N) is 1. The minimum atomic E-state index is -4.11. The van der Waals surface area contributed by atoms with Crippen molar-refractivity contribution < 1.29 is 23.1 Å². The second kappa shape index (κ2) is 5.96. The molecule has 2 aromatic rings. The van der Waals surface area contributed by atoms with Crippen LogP contribution in [-0.2, 0) is 10.0 Å². The standard InChI is InChI=1S/C16H15N3O5S/c17-13-11(25(23,24)19-5-6-20)7-10-12(14(13)18)16(22)9-4-2-1-3-8(9)15(10)21/h1-4,7,19-20H,5-6,17-18H2. The van der Waals surface area contributed by atoms with Crippen LogP contribution in [0.5, 0.6) is 0 Å². The lowest BCUT2D eigenvalue weighted by atomic mass is 9.83. The number of fused-ring (bicyclic) bond motifs is 2. The molecule has 130 valence electrons. The molecule has 0 bridgehead atoms. The zero-order valence-corrected chi connectivity index (χ0v) is 13.8. The molecule has 2 aromatic carbocycles. The molecule has 0 saturated heterocycles. The van der Waals surface area contributed by atoms with Gasteiger partial charge < -0.3 is 16.6 Å². The summed E-state index contributed by atoms with van der Waals surface area (Å²) in [5.41, 5.74) is 11.3. The van der Waals surface area contributed by atoms with E-state index in [0.717, 1.165) is 6.07 Å². The Morgan fingerprint density at radius 3 is 2.16 bits per heavy atom. The second-order valence-electron chi connectivity index (χ2n) is 5.45. The summed E-state index contributed by atoms with van der Waals surface area (Å²) in [6.45, 7) is -0.640. The first-order chi connectivity index (χ1) is 11.8. The number of rotatable bonds is 4. The third-order valence-electron chi connectivity index (χ3n) is 3.95. The van der Waals surface area contributed by atoms with E-state index in [9.17, 15) is 18.0 Å². The van der Waals surface area contributed by atoms with Gasteiger partial charge in [0.1, 0.15) is 4.90 Å². The lowest BCUT2D eigenvalue weighted by Gasteiger charge is -2.21. The highest BCUT2D eigenvalue weighted by atomic mass is 32.2. The third-order valence-corrected chi connectivity index (χ3v) is 5.45. The first-order valence-corrected chi connectivity index (χ1v) is 8.78. The average Bonchev–Trinajstić information content (AvgIpc) is 2.60. The Labute approximate surface area is 143 Å². The van der Waals surface area contributed by atoms with Crippen molar-refractivity contribution in [2.45, 2.75) is 4.90 Å². The van der Waals surface area contributed by atoms with Crippen molar-refractivity contribution in [2.75, 3.05) is 24.6 Å². The molecule has 1 aliphatic carbocycles. The predicted octanol–water partition coefficient (Wildman–Crippen LogP) is -0.103. The van der Waals surface area contributed by atoms with Crippen LogP contribution in [0.1, 0.15) is 31.8 Å². The van der Waals surface area contributed by atoms with Gasteiger partial charge in [0.2, 0.25) is 10.0 Å². The van der Waals surface area contributed by atoms with Gasteiger partial charge in [-0.05, 0) is 6.07 Å². The lowest BCUT2D eigenvalue weighted by Crippen LogP contribution is -2.29. The van der Waals surface area contributed by atoms with Crippen LogP contribution in [0.25, 0.3) is 0 Å². The van der Waals surface area contributed by atoms with Crippen LogP contribution < -0.4 is 16.2 Å². The maximum atomic E-state index is 12.7. The first-order valence-electron chi connectivity index (χ1n) is 7.30. The number of hydrogen-bond acceptors (Lipinski definition) is 7. The maximum absolute atomic E-state index is 12.7. The highest BCUT2D eigenvalue weighted by Gasteiger charge is 2.34. The van der Waals surface area contributed by atoms with Crippen LogP contribution >= 0.6 is 0 Å². The summed E-state index contributed by atoms with van der Waals surface area (Å²) < 4.78 is 26.8. The molecular formula is C16H15N3O5S. The van der Waals surface area contributed by atoms with Crippen molar-refractivity contribution in [1.82, 2.24) is 4.72 Å². The molecule has 3 rings (SSSR count). The molecule has 8 nitrogen and oxygen atoms in total. The summed E-state index contributed by atoms with van der Waals surface area (Å²) in [5.74, 6) is -0.989. The van der Waals surface area contributed by atoms with Gasteiger partial charge in [-0.3, -0.25) is 9.59 Å². The number of aliphatic hydroxyl groups is 1. The SMILES string of the molecule is Nc1c(S(=O)(=O)NCCO)cc2c(c1N)C(=O)c1ccccc1C2=O. The Kier molecular flexibility index (Phi) is 4.07. The van der Waals surface area contributed by atoms with E-state index in [1.54, 1.807) is 12.1 Å². The number of carbonyl (C=O) groups excluding carboxylic acids is 2. The molecule has 0 aromatic heterocycles. The van der Waals surface area contributed by atoms with Gasteiger partial charge in [-0.25, -0.2) is 13.1 Å². The van der Waals surface area contributed by atoms with Crippen molar-refractivity contribution in [3.05, 3.63) is 52.6 Å². The number of ketones is 2. The Morgan fingerprint density at radius 2 is 1.56 bits per heavy atom. The van der Waals surface area contributed by atoms with E-state index in [2.05, 4.69) is 4.72 Å². The molecule has 0 saturated carbocycles. The zero-order valence-electron chi connectivity index (χ0n) is 12.9. The van der Waals surface area contributed by atoms with Gasteiger partial charge in [0.15, 0.2) is 11.6 Å². The first kappa shape index (κ1) is 17.1. The lowest BCUT2D eigenvalue weighted by molar-refractivity contribution is 0.0979. The topological polar surface area (TPSA) is 153 Å². The Balaban J connectivity index is 2.26. The van der Waals surface area contributed by atoms with Crippen LogP contribution in [0.2, 0.25) is 0 Å². The van der Waals surface area contributed by atoms with E-state index < -0.39 is 33.1 Å². The molecule has 25 heavy (non-hydrogen) atoms. The molecule has 9 heteroatoms. The van der Waals surface area contributed by atoms with Gasteiger partial charge in [-0.1, -0.05) is 24.3 Å². The highest BCUT2D eigenvalue weighted by Crippen LogP contribution is 2.37. The van der Waals surface area contributed by atoms with Crippen LogP contribution in [0.4, 0.5) is 11.4 Å². The Bertz CT molecular complexity index is 1010. The summed E-state index contributed by atoms with van der Waals surface area (Å²) >= 11 is 0. The fourth-order valence-electron chi connectivity index (χ4n) is 2.76. The fourth-order valence-corrected chi connectivity index (χ4v) is 3.94. The zero-order chi connectivity index (χ0) is 18.4. The average molecular weight is 361 g/mol. The molecule has 0 heterocycles. The number of benzene rings is 2. The van der Waals surface area contributed by atoms with E-state index >= 15 is 0 Å². The number of nitrogen functional groups attached to an aromatic ring is 2. The van der Waals surface area contributed by atoms with E-state index in [-0.39, 0.29) is 40.2 Å². The van der Waals surface area contributed by atoms with Gasteiger partial charge in [-0.15, -0.1) is 0 Å². The molecule has 0 radical (unpaired) electrons. The highest BCUT2D eigenvalue weighted by molar-refractivity contribution is 7.89. The largest absolute Gasteiger partial charge is 0.396 e. The quantitative estimate of drug-likeness (QED) is 0.473. The molecule has 0 spiro atoms. The number of carbonyl (C=O) groups is 2. The number of anilines is 2. The minimum absolute atomic E-state index is 0.0951. The molecule has 0 unspecified atom stereocenters. The predicted molar refractivity (Wildman–Crippen MR) is 90.8 cm³/mol. The second-order valence-corrected chi connectivity index (χ2v) is 7.19. The molecule has 0 amide bonds. The third kappa shape index (κ3) is 2.58. The molecule has 0 aliphatic heterocycles. The monoisotopic (exact) mass is 361 g/mol. The summed E-state index contributed by atoms with van der Waals surface area (Å²) in [7, 11) is -4.11. The summed E-state index contributed by atoms with van der Waals surface area (Å²) in [6.07, 6.45) is 0. The van der Waals surface area contributed by atoms with Crippen molar-refractivity contribution >= 4 is 33.0 Å². The number of nitrogens with two attached hydrogens (primary N) is 2. The van der Waals surface area contributed by atoms with Crippen LogP contribution in [0.15, 0.2) is 35.2 Å². The smallest absolute Gasteiger partial charge is 0.242 e.